The van der Waals surface area contributed by atoms with Crippen LogP contribution in [0.2, 0.25) is 0 Å². The molecule has 11 amide bonds. The van der Waals surface area contributed by atoms with Crippen LogP contribution in [0.1, 0.15) is 69.1 Å². The normalized spacial score (nSPS) is 21.9. The number of aliphatic hydroxyl groups excluding tert-OH is 3. The molecule has 528 valence electrons. The molecule has 18 N–H and O–H groups in total. The van der Waals surface area contributed by atoms with Crippen LogP contribution in [-0.2, 0) is 91.5 Å². The Kier molecular flexibility index (Phi) is 33.7. The van der Waals surface area contributed by atoms with E-state index < -0.39 is 201 Å². The number of hydrogen-bond donors (Lipinski definition) is 17. The van der Waals surface area contributed by atoms with E-state index in [0.29, 0.717) is 16.7 Å². The average Bonchev–Trinajstić information content (AvgIpc) is 0.900. The van der Waals surface area contributed by atoms with Gasteiger partial charge in [-0.3, -0.25) is 43.2 Å². The molecule has 0 aliphatic carbocycles. The van der Waals surface area contributed by atoms with Crippen molar-refractivity contribution in [3.63, 3.8) is 0 Å². The molecule has 3 aromatic rings. The van der Waals surface area contributed by atoms with E-state index in [1.165, 1.54) is 0 Å². The van der Waals surface area contributed by atoms with Gasteiger partial charge in [0.2, 0.25) is 41.4 Å². The number of carboxylic acids is 2. The van der Waals surface area contributed by atoms with Crippen molar-refractivity contribution in [3.8, 4) is 0 Å². The molecule has 1 heterocycles. The topological polar surface area (TPSA) is 535 Å². The summed E-state index contributed by atoms with van der Waals surface area (Å²) in [5.41, 5.74) is 7.08. The Balaban J connectivity index is 1.80. The molecule has 0 unspecified atom stereocenters. The number of nitrogens with two attached hydrogens (primary N) is 1. The van der Waals surface area contributed by atoms with Crippen LogP contribution in [0.25, 0.3) is 0 Å². The third kappa shape index (κ3) is 28.2. The fourth-order valence-corrected chi connectivity index (χ4v) is 8.85. The molecule has 36 heteroatoms. The van der Waals surface area contributed by atoms with Gasteiger partial charge in [-0.05, 0) is 62.6 Å². The minimum Gasteiger partial charge on any atom is -0.481 e. The molecule has 0 bridgehead atoms. The molecule has 1 aliphatic heterocycles. The predicted octanol–water partition coefficient (Wildman–Crippen LogP) is -3.09. The van der Waals surface area contributed by atoms with Gasteiger partial charge in [0.15, 0.2) is 12.1 Å². The van der Waals surface area contributed by atoms with Gasteiger partial charge in [0.1, 0.15) is 74.4 Å². The van der Waals surface area contributed by atoms with E-state index in [1.807, 2.05) is 10.6 Å². The van der Waals surface area contributed by atoms with Gasteiger partial charge < -0.3 is 109 Å². The van der Waals surface area contributed by atoms with Crippen molar-refractivity contribution >= 4 is 95.0 Å². The van der Waals surface area contributed by atoms with Gasteiger partial charge in [0, 0.05) is 19.6 Å². The molecule has 1 aliphatic rings. The standard InChI is InChI=1S/C61H79ClN12O23/c1-3-38-50(81)74-47(48(79)57(88)89)56(87)73-46(43(76)28-62)58(90)94-32-37(63)49(80)68-40(22-25-65-60(92)96-30-35-17-9-5-10-18-35)52(83)71-42(27-44(77)78)54(85)69-39(21-13-14-24-64-59(91)95-29-34-15-7-4-8-16-34)51(82)70-41(53(84)72-45(33(2)75)55(86)67-38)23-26-66-61(93)97-31-36-19-11-6-12-20-36/h3-12,15-20,33,37,39-43,45-48,75-76,79H,13-14,21-32,63H2,1-2H3,(H,64,91)(H,65,92)(H,66,93)(H,67,86)(H,68,80)(H,69,85)(H,70,82)(H,71,83)(H,72,84)(H,73,87)(H,74,81)(H,77,78)(H,88,89)/b38-3-/t33-,37-,39-,40+,41-,42-,43+,45+,46-,47-,48-/m0/s1. The van der Waals surface area contributed by atoms with E-state index in [-0.39, 0.29) is 45.6 Å². The van der Waals surface area contributed by atoms with Crippen molar-refractivity contribution in [1.82, 2.24) is 58.5 Å². The number of cyclic esters (lactones) is 1. The molecule has 0 saturated carbocycles. The predicted molar refractivity (Wildman–Crippen MR) is 336 cm³/mol. The first-order valence-corrected chi connectivity index (χ1v) is 30.7. The molecule has 3 aromatic carbocycles. The van der Waals surface area contributed by atoms with Crippen molar-refractivity contribution in [2.75, 3.05) is 32.1 Å². The zero-order valence-electron chi connectivity index (χ0n) is 52.5. The number of unbranched alkanes of at least 4 members (excludes halogenated alkanes) is 1. The van der Waals surface area contributed by atoms with Crippen molar-refractivity contribution in [2.24, 2.45) is 5.73 Å². The zero-order chi connectivity index (χ0) is 71.6. The smallest absolute Gasteiger partial charge is 0.407 e. The lowest BCUT2D eigenvalue weighted by Gasteiger charge is -2.28. The first kappa shape index (κ1) is 79.0. The number of ether oxygens (including phenoxy) is 4. The monoisotopic (exact) mass is 1380 g/mol. The molecule has 4 rings (SSSR count). The number of nitrogens with one attached hydrogen (secondary N) is 11. The highest BCUT2D eigenvalue weighted by molar-refractivity contribution is 6.18. The molecule has 0 spiro atoms. The number of alkyl carbamates (subject to hydrolysis) is 3. The van der Waals surface area contributed by atoms with Crippen LogP contribution in [0.4, 0.5) is 14.4 Å². The van der Waals surface area contributed by atoms with Crippen LogP contribution in [0.15, 0.2) is 103 Å². The number of carboxylic acid groups (broad SMARTS) is 2. The second-order valence-corrected chi connectivity index (χ2v) is 21.8. The number of carbonyl (C=O) groups is 14. The largest absolute Gasteiger partial charge is 0.481 e. The molecule has 35 nitrogen and oxygen atoms in total. The maximum atomic E-state index is 14.7. The summed E-state index contributed by atoms with van der Waals surface area (Å²) in [6.07, 6.45) is -11.6. The Labute approximate surface area is 559 Å². The van der Waals surface area contributed by atoms with Gasteiger partial charge in [0.05, 0.1) is 24.5 Å². The second-order valence-electron chi connectivity index (χ2n) is 21.5. The number of esters is 1. The van der Waals surface area contributed by atoms with Crippen molar-refractivity contribution in [2.45, 2.75) is 139 Å². The van der Waals surface area contributed by atoms with E-state index in [1.54, 1.807) is 91.0 Å². The minimum absolute atomic E-state index is 0.0524. The highest BCUT2D eigenvalue weighted by Gasteiger charge is 2.40. The Morgan fingerprint density at radius 3 is 1.42 bits per heavy atom. The number of aliphatic carboxylic acids is 2. The highest BCUT2D eigenvalue weighted by Crippen LogP contribution is 2.11. The number of halogens is 1. The van der Waals surface area contributed by atoms with Crippen LogP contribution < -0.4 is 64.2 Å². The molecule has 1 saturated heterocycles. The van der Waals surface area contributed by atoms with Crippen molar-refractivity contribution in [3.05, 3.63) is 119 Å². The number of aliphatic hydroxyl groups is 3. The maximum absolute atomic E-state index is 14.7. The lowest BCUT2D eigenvalue weighted by molar-refractivity contribution is -0.154. The van der Waals surface area contributed by atoms with Gasteiger partial charge >= 0.3 is 36.2 Å². The van der Waals surface area contributed by atoms with E-state index in [2.05, 4.69) is 47.9 Å². The number of carbonyl (C=O) groups excluding carboxylic acids is 12. The van der Waals surface area contributed by atoms with Crippen LogP contribution in [0, 0.1) is 0 Å². The summed E-state index contributed by atoms with van der Waals surface area (Å²) in [5, 5.41) is 76.8. The van der Waals surface area contributed by atoms with E-state index >= 15 is 0 Å². The summed E-state index contributed by atoms with van der Waals surface area (Å²) in [4.78, 5) is 190. The maximum Gasteiger partial charge on any atom is 0.407 e. The molecule has 11 atom stereocenters. The fourth-order valence-electron chi connectivity index (χ4n) is 8.67. The quantitative estimate of drug-likeness (QED) is 0.0139. The van der Waals surface area contributed by atoms with E-state index in [4.69, 9.17) is 36.3 Å². The first-order valence-electron chi connectivity index (χ1n) is 30.1. The number of alkyl halides is 1. The fraction of sp³-hybridized carbons (Fsp3) is 0.443. The van der Waals surface area contributed by atoms with Crippen LogP contribution >= 0.6 is 11.6 Å². The lowest BCUT2D eigenvalue weighted by Crippen LogP contribution is -2.62. The van der Waals surface area contributed by atoms with Gasteiger partial charge in [-0.15, -0.1) is 11.6 Å². The number of hydrogen-bond acceptors (Lipinski definition) is 22. The zero-order valence-corrected chi connectivity index (χ0v) is 53.3. The minimum atomic E-state index is -2.86. The summed E-state index contributed by atoms with van der Waals surface area (Å²) in [6, 6.07) is 8.76. The van der Waals surface area contributed by atoms with Crippen LogP contribution in [0.5, 0.6) is 0 Å². The molecular weight excluding hydrogens is 1300 g/mol. The Morgan fingerprint density at radius 2 is 0.979 bits per heavy atom. The highest BCUT2D eigenvalue weighted by atomic mass is 35.5. The Morgan fingerprint density at radius 1 is 0.557 bits per heavy atom. The van der Waals surface area contributed by atoms with Crippen molar-refractivity contribution < 1.29 is 112 Å². The van der Waals surface area contributed by atoms with E-state index in [9.17, 15) is 92.7 Å². The van der Waals surface area contributed by atoms with Gasteiger partial charge in [0.25, 0.3) is 5.91 Å². The summed E-state index contributed by atoms with van der Waals surface area (Å²) >= 11 is 5.82. The first-order chi connectivity index (χ1) is 46.2. The summed E-state index contributed by atoms with van der Waals surface area (Å²) in [6.45, 7) is -0.594. The average molecular weight is 1380 g/mol. The number of amides is 11. The molecule has 0 aromatic heterocycles. The number of rotatable bonds is 24. The third-order valence-electron chi connectivity index (χ3n) is 14.0. The number of allylic oxidation sites excluding steroid dienone is 1. The lowest BCUT2D eigenvalue weighted by atomic mass is 10.0. The molecular formula is C61H79ClN12O23. The molecule has 97 heavy (non-hydrogen) atoms. The summed E-state index contributed by atoms with van der Waals surface area (Å²) in [5.74, 6) is -17.5. The molecule has 0 radical (unpaired) electrons. The third-order valence-corrected chi connectivity index (χ3v) is 14.3. The Hall–Kier alpha value is -10.5. The Bertz CT molecular complexity index is 3230. The van der Waals surface area contributed by atoms with Crippen LogP contribution in [-0.4, -0.2) is 208 Å². The second kappa shape index (κ2) is 41.4. The van der Waals surface area contributed by atoms with E-state index in [0.717, 1.165) is 19.9 Å². The summed E-state index contributed by atoms with van der Waals surface area (Å²) in [7, 11) is 0. The van der Waals surface area contributed by atoms with Gasteiger partial charge in [-0.25, -0.2) is 24.0 Å². The summed E-state index contributed by atoms with van der Waals surface area (Å²) < 4.78 is 20.8. The van der Waals surface area contributed by atoms with Crippen molar-refractivity contribution in [1.29, 1.82) is 0 Å². The van der Waals surface area contributed by atoms with Gasteiger partial charge in [-0.1, -0.05) is 97.1 Å². The molecule has 1 fully saturated rings. The van der Waals surface area contributed by atoms with Crippen LogP contribution in [0.3, 0.4) is 0 Å². The van der Waals surface area contributed by atoms with Gasteiger partial charge in [-0.2, -0.15) is 0 Å². The SMILES string of the molecule is C/C=C1\NC(=O)[C@@H]([C@H](C)O)NC(=O)[C@H](CCNC(=O)OCc2ccccc2)NC(=O)[C@H](CCCCNC(=O)OCc2ccccc2)NC(=O)[C@H](CC(=O)O)NC(=O)[C@@H](CCNC(=O)OCc2ccccc2)NC(=O)[C@@H](N)COC(=O)[C@H]([C@H](O)CCl)NC(=O)[C@H]([C@H](O)C(=O)O)NC1=O. The number of benzene rings is 3.